The van der Waals surface area contributed by atoms with Crippen molar-refractivity contribution in [1.82, 2.24) is 14.7 Å². The summed E-state index contributed by atoms with van der Waals surface area (Å²) < 4.78 is 7.63. The molecule has 0 radical (unpaired) electrons. The molecule has 0 bridgehead atoms. The Morgan fingerprint density at radius 1 is 1.09 bits per heavy atom. The molecule has 0 fully saturated rings. The number of hydrogen-bond acceptors (Lipinski definition) is 4. The Hall–Kier alpha value is -3.17. The molecule has 2 aromatic carbocycles. The molecular formula is C26H32BrN5O3. The summed E-state index contributed by atoms with van der Waals surface area (Å²) in [6.07, 6.45) is 0. The molecule has 8 nitrogen and oxygen atoms in total. The molecule has 0 aliphatic rings. The lowest BCUT2D eigenvalue weighted by Crippen LogP contribution is -2.42. The van der Waals surface area contributed by atoms with Crippen LogP contribution < -0.4 is 10.6 Å². The van der Waals surface area contributed by atoms with Crippen molar-refractivity contribution in [3.8, 4) is 5.69 Å². The first-order valence-electron chi connectivity index (χ1n) is 11.4. The van der Waals surface area contributed by atoms with Gasteiger partial charge in [-0.15, -0.1) is 0 Å². The fraction of sp³-hybridized carbons (Fsp3) is 0.346. The van der Waals surface area contributed by atoms with Crippen LogP contribution in [0.5, 0.6) is 0 Å². The highest BCUT2D eigenvalue weighted by atomic mass is 79.9. The number of para-hydroxylation sites is 1. The van der Waals surface area contributed by atoms with Crippen molar-refractivity contribution in [3.63, 3.8) is 0 Å². The Balaban J connectivity index is 1.82. The van der Waals surface area contributed by atoms with Crippen molar-refractivity contribution in [2.75, 3.05) is 37.4 Å². The van der Waals surface area contributed by atoms with Crippen LogP contribution in [0.15, 0.2) is 59.1 Å². The molecule has 0 aliphatic heterocycles. The number of methoxy groups -OCH3 is 1. The third-order valence-electron chi connectivity index (χ3n) is 5.29. The van der Waals surface area contributed by atoms with Gasteiger partial charge in [-0.25, -0.2) is 9.48 Å². The number of hydrogen-bond donors (Lipinski definition) is 2. The minimum Gasteiger partial charge on any atom is -0.383 e. The third kappa shape index (κ3) is 7.16. The second kappa shape index (κ2) is 11.5. The van der Waals surface area contributed by atoms with Crippen molar-refractivity contribution in [2.24, 2.45) is 0 Å². The van der Waals surface area contributed by atoms with Crippen LogP contribution in [-0.4, -0.2) is 53.4 Å². The number of benzene rings is 2. The molecule has 186 valence electrons. The van der Waals surface area contributed by atoms with E-state index in [1.807, 2.05) is 55.5 Å². The Morgan fingerprint density at radius 2 is 1.83 bits per heavy atom. The lowest BCUT2D eigenvalue weighted by molar-refractivity contribution is -0.116. The predicted octanol–water partition coefficient (Wildman–Crippen LogP) is 5.36. The van der Waals surface area contributed by atoms with E-state index < -0.39 is 6.03 Å². The van der Waals surface area contributed by atoms with E-state index in [0.29, 0.717) is 18.1 Å². The first kappa shape index (κ1) is 26.4. The number of carbonyl (C=O) groups excluding carboxylic acids is 2. The number of amides is 3. The van der Waals surface area contributed by atoms with Gasteiger partial charge < -0.3 is 20.3 Å². The average molecular weight is 542 g/mol. The lowest BCUT2D eigenvalue weighted by atomic mass is 9.92. The number of nitrogens with zero attached hydrogens (tertiary/aromatic N) is 3. The standard InChI is InChI=1S/C26H32BrN5O3/c1-18-9-8-10-19(15-18)32-23(16-22(30-32)26(2,3)4)29-24(33)17-31(13-14-35-5)25(34)28-21-12-7-6-11-20(21)27/h6-12,15-16H,13-14,17H2,1-5H3,(H,28,34)(H,29,33). The van der Waals surface area contributed by atoms with Crippen LogP contribution in [0.4, 0.5) is 16.3 Å². The average Bonchev–Trinajstić information content (AvgIpc) is 3.22. The van der Waals surface area contributed by atoms with Crippen molar-refractivity contribution < 1.29 is 14.3 Å². The summed E-state index contributed by atoms with van der Waals surface area (Å²) in [7, 11) is 1.55. The van der Waals surface area contributed by atoms with Crippen LogP contribution in [0.25, 0.3) is 5.69 Å². The first-order valence-corrected chi connectivity index (χ1v) is 12.1. The zero-order valence-electron chi connectivity index (χ0n) is 20.8. The SMILES string of the molecule is COCCN(CC(=O)Nc1cc(C(C)(C)C)nn1-c1cccc(C)c1)C(=O)Nc1ccccc1Br. The van der Waals surface area contributed by atoms with Crippen molar-refractivity contribution in [1.29, 1.82) is 0 Å². The molecule has 0 spiro atoms. The molecule has 2 N–H and O–H groups in total. The van der Waals surface area contributed by atoms with Crippen LogP contribution in [-0.2, 0) is 14.9 Å². The summed E-state index contributed by atoms with van der Waals surface area (Å²) in [6, 6.07) is 16.7. The topological polar surface area (TPSA) is 88.5 Å². The van der Waals surface area contributed by atoms with E-state index in [0.717, 1.165) is 21.4 Å². The van der Waals surface area contributed by atoms with Gasteiger partial charge in [0, 0.05) is 29.6 Å². The van der Waals surface area contributed by atoms with E-state index in [-0.39, 0.29) is 24.4 Å². The van der Waals surface area contributed by atoms with Gasteiger partial charge in [-0.3, -0.25) is 4.79 Å². The highest BCUT2D eigenvalue weighted by Crippen LogP contribution is 2.27. The maximum Gasteiger partial charge on any atom is 0.322 e. The lowest BCUT2D eigenvalue weighted by Gasteiger charge is -2.22. The molecule has 3 amide bonds. The second-order valence-electron chi connectivity index (χ2n) is 9.29. The number of rotatable bonds is 8. The van der Waals surface area contributed by atoms with Gasteiger partial charge >= 0.3 is 6.03 Å². The fourth-order valence-electron chi connectivity index (χ4n) is 3.36. The molecule has 0 saturated heterocycles. The Bertz CT molecular complexity index is 1190. The Kier molecular flexibility index (Phi) is 8.69. The first-order chi connectivity index (χ1) is 16.6. The quantitative estimate of drug-likeness (QED) is 0.401. The number of aromatic nitrogens is 2. The molecule has 0 aliphatic carbocycles. The van der Waals surface area contributed by atoms with Crippen LogP contribution >= 0.6 is 15.9 Å². The number of halogens is 1. The van der Waals surface area contributed by atoms with E-state index in [9.17, 15) is 9.59 Å². The maximum absolute atomic E-state index is 13.1. The van der Waals surface area contributed by atoms with Crippen molar-refractivity contribution in [2.45, 2.75) is 33.1 Å². The zero-order chi connectivity index (χ0) is 25.6. The van der Waals surface area contributed by atoms with Crippen LogP contribution in [0.1, 0.15) is 32.0 Å². The molecule has 0 atom stereocenters. The molecule has 0 unspecified atom stereocenters. The van der Waals surface area contributed by atoms with Crippen molar-refractivity contribution >= 4 is 39.4 Å². The molecule has 0 saturated carbocycles. The van der Waals surface area contributed by atoms with Crippen molar-refractivity contribution in [3.05, 3.63) is 70.3 Å². The van der Waals surface area contributed by atoms with Gasteiger partial charge in [-0.2, -0.15) is 5.10 Å². The van der Waals surface area contributed by atoms with Crippen LogP contribution in [0.2, 0.25) is 0 Å². The maximum atomic E-state index is 13.1. The smallest absolute Gasteiger partial charge is 0.322 e. The van der Waals surface area contributed by atoms with Crippen LogP contribution in [0.3, 0.4) is 0 Å². The summed E-state index contributed by atoms with van der Waals surface area (Å²) in [4.78, 5) is 27.5. The molecule has 35 heavy (non-hydrogen) atoms. The van der Waals surface area contributed by atoms with Gasteiger partial charge in [0.15, 0.2) is 0 Å². The minimum atomic E-state index is -0.397. The van der Waals surface area contributed by atoms with E-state index in [4.69, 9.17) is 9.84 Å². The van der Waals surface area contributed by atoms with Gasteiger partial charge in [0.25, 0.3) is 0 Å². The largest absolute Gasteiger partial charge is 0.383 e. The van der Waals surface area contributed by atoms with Gasteiger partial charge in [-0.05, 0) is 52.7 Å². The third-order valence-corrected chi connectivity index (χ3v) is 5.99. The van der Waals surface area contributed by atoms with E-state index in [2.05, 4.69) is 47.3 Å². The van der Waals surface area contributed by atoms with E-state index in [1.165, 1.54) is 4.90 Å². The van der Waals surface area contributed by atoms with Gasteiger partial charge in [0.2, 0.25) is 5.91 Å². The van der Waals surface area contributed by atoms with Gasteiger partial charge in [0.1, 0.15) is 12.4 Å². The molecule has 3 aromatic rings. The van der Waals surface area contributed by atoms with E-state index in [1.54, 1.807) is 17.9 Å². The highest BCUT2D eigenvalue weighted by molar-refractivity contribution is 9.10. The van der Waals surface area contributed by atoms with Gasteiger partial charge in [0.05, 0.1) is 23.7 Å². The summed E-state index contributed by atoms with van der Waals surface area (Å²) in [6.45, 7) is 8.62. The molecule has 3 rings (SSSR count). The van der Waals surface area contributed by atoms with E-state index >= 15 is 0 Å². The monoisotopic (exact) mass is 541 g/mol. The number of anilines is 2. The summed E-state index contributed by atoms with van der Waals surface area (Å²) >= 11 is 3.43. The minimum absolute atomic E-state index is 0.149. The zero-order valence-corrected chi connectivity index (χ0v) is 22.3. The summed E-state index contributed by atoms with van der Waals surface area (Å²) in [5, 5.41) is 10.5. The number of nitrogens with one attached hydrogen (secondary N) is 2. The van der Waals surface area contributed by atoms with Gasteiger partial charge in [-0.1, -0.05) is 45.0 Å². The van der Waals surface area contributed by atoms with Crippen LogP contribution in [0, 0.1) is 6.92 Å². The summed E-state index contributed by atoms with van der Waals surface area (Å²) in [5.41, 5.74) is 3.19. The number of carbonyl (C=O) groups is 2. The molecular weight excluding hydrogens is 510 g/mol. The number of urea groups is 1. The molecule has 9 heteroatoms. The second-order valence-corrected chi connectivity index (χ2v) is 10.1. The normalized spacial score (nSPS) is 11.3. The summed E-state index contributed by atoms with van der Waals surface area (Å²) in [5.74, 6) is 0.209. The number of aryl methyl sites for hydroxylation is 1. The highest BCUT2D eigenvalue weighted by Gasteiger charge is 2.23. The fourth-order valence-corrected chi connectivity index (χ4v) is 3.74. The molecule has 1 heterocycles. The predicted molar refractivity (Wildman–Crippen MR) is 142 cm³/mol. The Morgan fingerprint density at radius 3 is 2.49 bits per heavy atom. The number of ether oxygens (including phenoxy) is 1. The Labute approximate surface area is 214 Å². The molecule has 1 aromatic heterocycles.